The second kappa shape index (κ2) is 3.02. The summed E-state index contributed by atoms with van der Waals surface area (Å²) in [5, 5.41) is 10.2. The summed E-state index contributed by atoms with van der Waals surface area (Å²) in [6.07, 6.45) is 9.05. The smallest absolute Gasteiger partial charge is 0.0650 e. The Hall–Kier alpha value is -0.0400. The van der Waals surface area contributed by atoms with Gasteiger partial charge in [0, 0.05) is 0 Å². The molecule has 0 aromatic rings. The predicted molar refractivity (Wildman–Crippen MR) is 49.9 cm³/mol. The molecule has 12 heavy (non-hydrogen) atoms. The first-order valence-corrected chi connectivity index (χ1v) is 5.42. The van der Waals surface area contributed by atoms with Gasteiger partial charge in [0.25, 0.3) is 0 Å². The van der Waals surface area contributed by atoms with Crippen LogP contribution in [0.25, 0.3) is 0 Å². The number of hydrogen-bond acceptors (Lipinski definition) is 1. The van der Waals surface area contributed by atoms with Crippen molar-refractivity contribution in [2.75, 3.05) is 0 Å². The minimum Gasteiger partial charge on any atom is -0.390 e. The standard InChI is InChI=1S/C11H20O/c1-11(12)8-4-6-9-5-2-3-7-10(9)11/h9-10,12H,2-8H2,1H3/t9-,10+,11-/m0/s1. The third kappa shape index (κ3) is 1.39. The van der Waals surface area contributed by atoms with E-state index in [2.05, 4.69) is 6.92 Å². The lowest BCUT2D eigenvalue weighted by Gasteiger charge is -2.45. The van der Waals surface area contributed by atoms with E-state index in [1.807, 2.05) is 0 Å². The van der Waals surface area contributed by atoms with E-state index in [0.717, 1.165) is 12.3 Å². The molecule has 1 heteroatoms. The van der Waals surface area contributed by atoms with E-state index in [-0.39, 0.29) is 5.60 Å². The molecule has 0 saturated heterocycles. The molecule has 0 spiro atoms. The van der Waals surface area contributed by atoms with E-state index >= 15 is 0 Å². The molecule has 70 valence electrons. The minimum atomic E-state index is -0.330. The summed E-state index contributed by atoms with van der Waals surface area (Å²) in [5.41, 5.74) is -0.330. The molecule has 0 radical (unpaired) electrons. The summed E-state index contributed by atoms with van der Waals surface area (Å²) >= 11 is 0. The van der Waals surface area contributed by atoms with Crippen molar-refractivity contribution >= 4 is 0 Å². The van der Waals surface area contributed by atoms with Crippen molar-refractivity contribution in [2.24, 2.45) is 11.8 Å². The second-order valence-electron chi connectivity index (χ2n) is 4.90. The van der Waals surface area contributed by atoms with Crippen molar-refractivity contribution in [1.82, 2.24) is 0 Å². The van der Waals surface area contributed by atoms with E-state index in [1.54, 1.807) is 0 Å². The van der Waals surface area contributed by atoms with E-state index in [0.29, 0.717) is 5.92 Å². The Labute approximate surface area is 75.2 Å². The lowest BCUT2D eigenvalue weighted by atomic mass is 9.64. The molecular formula is C11H20O. The van der Waals surface area contributed by atoms with E-state index in [4.69, 9.17) is 0 Å². The van der Waals surface area contributed by atoms with Gasteiger partial charge in [-0.1, -0.05) is 25.7 Å². The van der Waals surface area contributed by atoms with Gasteiger partial charge in [-0.2, -0.15) is 0 Å². The SMILES string of the molecule is C[C@]1(O)CCC[C@@H]2CCCC[C@H]21. The molecule has 0 amide bonds. The second-order valence-corrected chi connectivity index (χ2v) is 4.90. The van der Waals surface area contributed by atoms with Gasteiger partial charge in [-0.25, -0.2) is 0 Å². The van der Waals surface area contributed by atoms with Crippen LogP contribution in [0, 0.1) is 11.8 Å². The van der Waals surface area contributed by atoms with Gasteiger partial charge in [-0.3, -0.25) is 0 Å². The zero-order chi connectivity index (χ0) is 8.60. The first kappa shape index (κ1) is 8.55. The number of hydrogen-bond donors (Lipinski definition) is 1. The third-order valence-electron chi connectivity index (χ3n) is 3.97. The molecule has 2 aliphatic rings. The van der Waals surface area contributed by atoms with Crippen molar-refractivity contribution in [3.05, 3.63) is 0 Å². The summed E-state index contributed by atoms with van der Waals surface area (Å²) in [6, 6.07) is 0. The fraction of sp³-hybridized carbons (Fsp3) is 1.00. The van der Waals surface area contributed by atoms with Gasteiger partial charge >= 0.3 is 0 Å². The van der Waals surface area contributed by atoms with Crippen LogP contribution in [0.4, 0.5) is 0 Å². The molecule has 0 aromatic heterocycles. The highest BCUT2D eigenvalue weighted by molar-refractivity contribution is 4.92. The van der Waals surface area contributed by atoms with Crippen LogP contribution in [0.3, 0.4) is 0 Å². The Balaban J connectivity index is 2.09. The molecule has 0 aromatic carbocycles. The highest BCUT2D eigenvalue weighted by atomic mass is 16.3. The van der Waals surface area contributed by atoms with Gasteiger partial charge in [0.05, 0.1) is 5.60 Å². The molecule has 0 aliphatic heterocycles. The van der Waals surface area contributed by atoms with Crippen molar-refractivity contribution in [3.63, 3.8) is 0 Å². The summed E-state index contributed by atoms with van der Waals surface area (Å²) in [7, 11) is 0. The number of fused-ring (bicyclic) bond motifs is 1. The first-order chi connectivity index (χ1) is 5.70. The highest BCUT2D eigenvalue weighted by Crippen LogP contribution is 2.45. The Morgan fingerprint density at radius 3 is 2.50 bits per heavy atom. The van der Waals surface area contributed by atoms with Crippen molar-refractivity contribution in [1.29, 1.82) is 0 Å². The van der Waals surface area contributed by atoms with Crippen LogP contribution in [-0.2, 0) is 0 Å². The molecule has 2 saturated carbocycles. The maximum absolute atomic E-state index is 10.2. The quantitative estimate of drug-likeness (QED) is 0.589. The average molecular weight is 168 g/mol. The first-order valence-electron chi connectivity index (χ1n) is 5.42. The van der Waals surface area contributed by atoms with E-state index in [1.165, 1.54) is 38.5 Å². The molecule has 2 fully saturated rings. The highest BCUT2D eigenvalue weighted by Gasteiger charge is 2.41. The summed E-state index contributed by atoms with van der Waals surface area (Å²) in [5.74, 6) is 1.47. The van der Waals surface area contributed by atoms with Gasteiger partial charge in [0.15, 0.2) is 0 Å². The summed E-state index contributed by atoms with van der Waals surface area (Å²) in [4.78, 5) is 0. The van der Waals surface area contributed by atoms with Crippen LogP contribution in [0.1, 0.15) is 51.9 Å². The normalized spacial score (nSPS) is 48.5. The van der Waals surface area contributed by atoms with Crippen LogP contribution >= 0.6 is 0 Å². The molecule has 1 N–H and O–H groups in total. The largest absolute Gasteiger partial charge is 0.390 e. The van der Waals surface area contributed by atoms with Crippen LogP contribution in [0.5, 0.6) is 0 Å². The van der Waals surface area contributed by atoms with Gasteiger partial charge in [-0.05, 0) is 38.0 Å². The predicted octanol–water partition coefficient (Wildman–Crippen LogP) is 2.73. The van der Waals surface area contributed by atoms with Gasteiger partial charge < -0.3 is 5.11 Å². The minimum absolute atomic E-state index is 0.330. The maximum Gasteiger partial charge on any atom is 0.0650 e. The van der Waals surface area contributed by atoms with Crippen molar-refractivity contribution in [2.45, 2.75) is 57.5 Å². The van der Waals surface area contributed by atoms with Crippen LogP contribution in [0.15, 0.2) is 0 Å². The monoisotopic (exact) mass is 168 g/mol. The summed E-state index contributed by atoms with van der Waals surface area (Å²) in [6.45, 7) is 2.05. The zero-order valence-corrected chi connectivity index (χ0v) is 8.05. The Morgan fingerprint density at radius 1 is 1.08 bits per heavy atom. The topological polar surface area (TPSA) is 20.2 Å². The third-order valence-corrected chi connectivity index (χ3v) is 3.97. The molecule has 2 rings (SSSR count). The van der Waals surface area contributed by atoms with E-state index in [9.17, 15) is 5.11 Å². The van der Waals surface area contributed by atoms with Crippen molar-refractivity contribution in [3.8, 4) is 0 Å². The van der Waals surface area contributed by atoms with Crippen LogP contribution < -0.4 is 0 Å². The van der Waals surface area contributed by atoms with E-state index < -0.39 is 0 Å². The van der Waals surface area contributed by atoms with Gasteiger partial charge in [0.1, 0.15) is 0 Å². The number of rotatable bonds is 0. The molecule has 3 atom stereocenters. The molecular weight excluding hydrogens is 148 g/mol. The molecule has 0 heterocycles. The molecule has 0 unspecified atom stereocenters. The zero-order valence-electron chi connectivity index (χ0n) is 8.05. The molecule has 0 bridgehead atoms. The van der Waals surface area contributed by atoms with Crippen molar-refractivity contribution < 1.29 is 5.11 Å². The molecule has 1 nitrogen and oxygen atoms in total. The average Bonchev–Trinajstić information content (AvgIpc) is 2.04. The fourth-order valence-corrected chi connectivity index (χ4v) is 3.28. The van der Waals surface area contributed by atoms with Gasteiger partial charge in [-0.15, -0.1) is 0 Å². The Bertz CT molecular complexity index is 160. The lowest BCUT2D eigenvalue weighted by Crippen LogP contribution is -2.44. The molecule has 2 aliphatic carbocycles. The van der Waals surface area contributed by atoms with Crippen LogP contribution in [0.2, 0.25) is 0 Å². The summed E-state index contributed by atoms with van der Waals surface area (Å²) < 4.78 is 0. The maximum atomic E-state index is 10.2. The Kier molecular flexibility index (Phi) is 2.16. The number of aliphatic hydroxyl groups is 1. The lowest BCUT2D eigenvalue weighted by molar-refractivity contribution is -0.0738. The van der Waals surface area contributed by atoms with Gasteiger partial charge in [0.2, 0.25) is 0 Å². The Morgan fingerprint density at radius 2 is 1.75 bits per heavy atom. The fourth-order valence-electron chi connectivity index (χ4n) is 3.28. The van der Waals surface area contributed by atoms with Crippen LogP contribution in [-0.4, -0.2) is 10.7 Å².